The number of carboxylic acid groups (broad SMARTS) is 1. The topological polar surface area (TPSA) is 108 Å². The van der Waals surface area contributed by atoms with E-state index >= 15 is 0 Å². The average Bonchev–Trinajstić information content (AvgIpc) is 2.69. The van der Waals surface area contributed by atoms with E-state index < -0.39 is 40.7 Å². The van der Waals surface area contributed by atoms with Gasteiger partial charge in [0.25, 0.3) is 0 Å². The molecule has 0 saturated carbocycles. The summed E-state index contributed by atoms with van der Waals surface area (Å²) in [5.74, 6) is -2.56. The van der Waals surface area contributed by atoms with Crippen LogP contribution < -0.4 is 16.0 Å². The number of aliphatic carboxylic acids is 1. The van der Waals surface area contributed by atoms with Crippen LogP contribution in [-0.2, 0) is 20.8 Å². The van der Waals surface area contributed by atoms with Gasteiger partial charge in [-0.1, -0.05) is 24.3 Å². The summed E-state index contributed by atoms with van der Waals surface area (Å²) in [6.07, 6.45) is 2.63. The molecule has 0 bridgehead atoms. The van der Waals surface area contributed by atoms with Gasteiger partial charge in [-0.2, -0.15) is 24.4 Å². The van der Waals surface area contributed by atoms with Crippen molar-refractivity contribution in [2.75, 3.05) is 25.6 Å². The average molecular weight is 454 g/mol. The largest absolute Gasteiger partial charge is 0.480 e. The van der Waals surface area contributed by atoms with E-state index in [2.05, 4.69) is 28.6 Å². The Labute approximate surface area is 187 Å². The first-order chi connectivity index (χ1) is 14.1. The van der Waals surface area contributed by atoms with Crippen LogP contribution in [0.2, 0.25) is 0 Å². The summed E-state index contributed by atoms with van der Waals surface area (Å²) in [6.45, 7) is 4.17. The number of thiol groups is 1. The summed E-state index contributed by atoms with van der Waals surface area (Å²) in [7, 11) is 1.62. The Balaban J connectivity index is 2.32. The first-order valence-corrected chi connectivity index (χ1v) is 11.7. The number of benzene rings is 1. The number of hydrogen-bond acceptors (Lipinski definition) is 7. The van der Waals surface area contributed by atoms with Gasteiger partial charge in [-0.05, 0) is 44.7 Å². The maximum Gasteiger partial charge on any atom is 0.326 e. The number of carbonyl (C=O) groups is 3. The Morgan fingerprint density at radius 2 is 2.00 bits per heavy atom. The molecule has 0 spiro atoms. The lowest BCUT2D eigenvalue weighted by molar-refractivity contribution is -0.146. The minimum atomic E-state index is -1.33. The van der Waals surface area contributed by atoms with Crippen LogP contribution in [-0.4, -0.2) is 65.2 Å². The van der Waals surface area contributed by atoms with Crippen LogP contribution in [0.25, 0.3) is 0 Å². The van der Waals surface area contributed by atoms with Gasteiger partial charge in [0.15, 0.2) is 5.78 Å². The molecule has 4 N–H and O–H groups in total. The Kier molecular flexibility index (Phi) is 8.78. The van der Waals surface area contributed by atoms with Crippen molar-refractivity contribution in [1.82, 2.24) is 16.0 Å². The van der Waals surface area contributed by atoms with E-state index in [0.29, 0.717) is 6.54 Å². The second-order valence-electron chi connectivity index (χ2n) is 8.00. The third kappa shape index (κ3) is 5.78. The third-order valence-corrected chi connectivity index (χ3v) is 6.28. The maximum absolute atomic E-state index is 13.5. The van der Waals surface area contributed by atoms with Gasteiger partial charge >= 0.3 is 5.97 Å². The monoisotopic (exact) mass is 453 g/mol. The molecule has 4 atom stereocenters. The lowest BCUT2D eigenvalue weighted by Crippen LogP contribution is -2.59. The number of amides is 1. The third-order valence-electron chi connectivity index (χ3n) is 5.33. The Hall–Kier alpha value is -1.55. The fraction of sp³-hybridized carbons (Fsp3) is 0.571. The van der Waals surface area contributed by atoms with Crippen LogP contribution in [0.1, 0.15) is 31.0 Å². The fourth-order valence-corrected chi connectivity index (χ4v) is 4.83. The van der Waals surface area contributed by atoms with E-state index in [1.165, 1.54) is 11.8 Å². The second kappa shape index (κ2) is 10.7. The fourth-order valence-electron chi connectivity index (χ4n) is 3.87. The molecule has 30 heavy (non-hydrogen) atoms. The van der Waals surface area contributed by atoms with Crippen LogP contribution in [0.3, 0.4) is 0 Å². The highest BCUT2D eigenvalue weighted by molar-refractivity contribution is 7.98. The lowest BCUT2D eigenvalue weighted by Gasteiger charge is -2.33. The van der Waals surface area contributed by atoms with Crippen molar-refractivity contribution < 1.29 is 19.5 Å². The number of fused-ring (bicyclic) bond motifs is 1. The highest BCUT2D eigenvalue weighted by Gasteiger charge is 2.41. The molecular weight excluding hydrogens is 422 g/mol. The molecule has 0 aromatic heterocycles. The zero-order valence-electron chi connectivity index (χ0n) is 17.8. The molecule has 0 aliphatic carbocycles. The van der Waals surface area contributed by atoms with E-state index in [0.717, 1.165) is 17.5 Å². The number of Topliss-reactive ketones (excluding diaryl/α,β-unsaturated/α-hetero) is 1. The summed E-state index contributed by atoms with van der Waals surface area (Å²) in [6, 6.07) is 5.05. The molecule has 1 heterocycles. The Bertz CT molecular complexity index is 782. The second-order valence-corrected chi connectivity index (χ2v) is 10.1. The zero-order valence-corrected chi connectivity index (χ0v) is 19.5. The minimum Gasteiger partial charge on any atom is -0.480 e. The molecule has 7 nitrogen and oxygen atoms in total. The predicted molar refractivity (Wildman–Crippen MR) is 123 cm³/mol. The van der Waals surface area contributed by atoms with Gasteiger partial charge in [-0.15, -0.1) is 0 Å². The van der Waals surface area contributed by atoms with Crippen molar-refractivity contribution in [1.29, 1.82) is 0 Å². The molecule has 2 unspecified atom stereocenters. The van der Waals surface area contributed by atoms with Crippen molar-refractivity contribution in [3.8, 4) is 0 Å². The molecule has 0 fully saturated rings. The van der Waals surface area contributed by atoms with E-state index in [4.69, 9.17) is 0 Å². The minimum absolute atomic E-state index is 0.227. The summed E-state index contributed by atoms with van der Waals surface area (Å²) < 4.78 is -0.717. The van der Waals surface area contributed by atoms with Gasteiger partial charge in [0, 0.05) is 17.0 Å². The summed E-state index contributed by atoms with van der Waals surface area (Å²) >= 11 is 5.82. The number of ketones is 1. The number of nitrogens with one attached hydrogen (secondary N) is 3. The van der Waals surface area contributed by atoms with Gasteiger partial charge in [-0.25, -0.2) is 4.79 Å². The van der Waals surface area contributed by atoms with Gasteiger partial charge in [0.2, 0.25) is 5.91 Å². The van der Waals surface area contributed by atoms with Crippen LogP contribution in [0.4, 0.5) is 0 Å². The number of likely N-dealkylation sites (N-methyl/N-ethyl adjacent to an activating group) is 1. The molecule has 9 heteroatoms. The normalized spacial score (nSPS) is 19.3. The number of hydrogen-bond donors (Lipinski definition) is 5. The van der Waals surface area contributed by atoms with Gasteiger partial charge in [-0.3, -0.25) is 9.59 Å². The molecule has 1 aromatic rings. The van der Waals surface area contributed by atoms with Crippen molar-refractivity contribution in [2.24, 2.45) is 5.92 Å². The predicted octanol–water partition coefficient (Wildman–Crippen LogP) is 1.29. The number of rotatable bonds is 10. The lowest BCUT2D eigenvalue weighted by atomic mass is 9.84. The van der Waals surface area contributed by atoms with Crippen LogP contribution in [0, 0.1) is 5.92 Å². The molecule has 166 valence electrons. The SMILES string of the molecule is CN[C@H](C(=O)N[C@H](C(=O)O)C(CSC)C(=O)C1NCCc2ccccc21)C(C)(C)S. The van der Waals surface area contributed by atoms with Crippen LogP contribution in [0.5, 0.6) is 0 Å². The van der Waals surface area contributed by atoms with Crippen molar-refractivity contribution in [3.05, 3.63) is 35.4 Å². The van der Waals surface area contributed by atoms with Gasteiger partial charge < -0.3 is 21.1 Å². The standard InChI is InChI=1S/C21H31N3O4S2/c1-21(2,29)18(22-3)19(26)24-16(20(27)28)14(11-30-4)17(25)15-13-8-6-5-7-12(13)9-10-23-15/h5-8,14-16,18,22-23,29H,9-11H2,1-4H3,(H,24,26)(H,27,28)/t14?,15?,16-,18+/m0/s1. The van der Waals surface area contributed by atoms with Gasteiger partial charge in [0.1, 0.15) is 12.1 Å². The highest BCUT2D eigenvalue weighted by atomic mass is 32.2. The molecule has 1 amide bonds. The summed E-state index contributed by atoms with van der Waals surface area (Å²) in [5.41, 5.74) is 1.96. The summed E-state index contributed by atoms with van der Waals surface area (Å²) in [4.78, 5) is 38.4. The summed E-state index contributed by atoms with van der Waals surface area (Å²) in [5, 5.41) is 18.6. The van der Waals surface area contributed by atoms with Crippen molar-refractivity contribution >= 4 is 42.1 Å². The first kappa shape index (κ1) is 24.7. The molecule has 1 aliphatic rings. The van der Waals surface area contributed by atoms with E-state index in [-0.39, 0.29) is 11.5 Å². The smallest absolute Gasteiger partial charge is 0.326 e. The zero-order chi connectivity index (χ0) is 22.5. The molecule has 2 rings (SSSR count). The van der Waals surface area contributed by atoms with Crippen LogP contribution in [0.15, 0.2) is 24.3 Å². The first-order valence-electron chi connectivity index (χ1n) is 9.88. The molecule has 0 saturated heterocycles. The molecular formula is C21H31N3O4S2. The molecule has 0 radical (unpaired) electrons. The van der Waals surface area contributed by atoms with Crippen molar-refractivity contribution in [3.63, 3.8) is 0 Å². The maximum atomic E-state index is 13.5. The van der Waals surface area contributed by atoms with Gasteiger partial charge in [0.05, 0.1) is 12.0 Å². The number of carbonyl (C=O) groups excluding carboxylic acids is 2. The molecule has 1 aromatic carbocycles. The molecule has 1 aliphatic heterocycles. The van der Waals surface area contributed by atoms with E-state index in [1.54, 1.807) is 20.9 Å². The van der Waals surface area contributed by atoms with E-state index in [1.807, 2.05) is 30.5 Å². The van der Waals surface area contributed by atoms with Crippen molar-refractivity contribution in [2.45, 2.75) is 43.1 Å². The highest BCUT2D eigenvalue weighted by Crippen LogP contribution is 2.28. The van der Waals surface area contributed by atoms with E-state index in [9.17, 15) is 19.5 Å². The number of carboxylic acids is 1. The number of thioether (sulfide) groups is 1. The Morgan fingerprint density at radius 1 is 1.33 bits per heavy atom. The quantitative estimate of drug-likeness (QED) is 0.340. The van der Waals surface area contributed by atoms with Crippen LogP contribution >= 0.6 is 24.4 Å². The Morgan fingerprint density at radius 3 is 2.57 bits per heavy atom.